The molecule has 0 amide bonds. The fourth-order valence-electron chi connectivity index (χ4n) is 5.21. The third-order valence-electron chi connectivity index (χ3n) is 11.5. The molecule has 278 valence electrons. The summed E-state index contributed by atoms with van der Waals surface area (Å²) in [4.78, 5) is 17.1. The molecular formula is C34H56N10O4Si3. The average molecular weight is 753 g/mol. The van der Waals surface area contributed by atoms with Crippen LogP contribution in [0.4, 0.5) is 5.95 Å². The third-order valence-corrected chi connectivity index (χ3v) is 25.0. The number of aromatic nitrogens is 7. The first kappa shape index (κ1) is 39.2. The zero-order chi connectivity index (χ0) is 37.9. The van der Waals surface area contributed by atoms with Gasteiger partial charge in [-0.2, -0.15) is 4.68 Å². The first-order valence-corrected chi connectivity index (χ1v) is 26.4. The lowest BCUT2D eigenvalue weighted by Crippen LogP contribution is -2.54. The van der Waals surface area contributed by atoms with Crippen LogP contribution >= 0.6 is 0 Å². The summed E-state index contributed by atoms with van der Waals surface area (Å²) in [5.41, 5.74) is 11.7. The summed E-state index contributed by atoms with van der Waals surface area (Å²) in [6, 6.07) is 7.56. The van der Waals surface area contributed by atoms with E-state index in [-0.39, 0.29) is 21.1 Å². The zero-order valence-corrected chi connectivity index (χ0v) is 36.0. The molecule has 14 nitrogen and oxygen atoms in total. The first-order valence-electron chi connectivity index (χ1n) is 17.6. The van der Waals surface area contributed by atoms with E-state index in [9.17, 15) is 5.53 Å². The summed E-state index contributed by atoms with van der Waals surface area (Å²) in [6.45, 7) is 34.0. The van der Waals surface area contributed by atoms with Crippen LogP contribution in [-0.4, -0.2) is 84.4 Å². The smallest absolute Gasteiger partial charge is 0.220 e. The molecular weight excluding hydrogens is 697 g/mol. The third kappa shape index (κ3) is 7.58. The molecule has 1 saturated heterocycles. The Balaban J connectivity index is 1.71. The Hall–Kier alpha value is -3.03. The molecule has 0 spiro atoms. The average Bonchev–Trinajstić information content (AvgIpc) is 3.70. The van der Waals surface area contributed by atoms with Crippen molar-refractivity contribution in [3.63, 3.8) is 0 Å². The lowest BCUT2D eigenvalue weighted by molar-refractivity contribution is -0.0470. The molecule has 0 unspecified atom stereocenters. The van der Waals surface area contributed by atoms with E-state index in [2.05, 4.69) is 127 Å². The predicted octanol–water partition coefficient (Wildman–Crippen LogP) is 9.20. The van der Waals surface area contributed by atoms with E-state index in [1.54, 1.807) is 11.0 Å². The Labute approximate surface area is 304 Å². The van der Waals surface area contributed by atoms with Gasteiger partial charge in [-0.15, -0.1) is 5.10 Å². The highest BCUT2D eigenvalue weighted by atomic mass is 28.4. The number of hydrogen-bond donors (Lipinski definition) is 0. The molecule has 4 atom stereocenters. The van der Waals surface area contributed by atoms with Gasteiger partial charge in [0, 0.05) is 4.91 Å². The van der Waals surface area contributed by atoms with Crippen LogP contribution in [0.2, 0.25) is 54.4 Å². The van der Waals surface area contributed by atoms with Gasteiger partial charge in [0.2, 0.25) is 5.95 Å². The Morgan fingerprint density at radius 1 is 0.843 bits per heavy atom. The van der Waals surface area contributed by atoms with Crippen LogP contribution < -0.4 is 0 Å². The van der Waals surface area contributed by atoms with Gasteiger partial charge >= 0.3 is 0 Å². The molecule has 3 aromatic heterocycles. The highest BCUT2D eigenvalue weighted by Gasteiger charge is 2.55. The molecule has 51 heavy (non-hydrogen) atoms. The second-order valence-corrected chi connectivity index (χ2v) is 32.5. The number of benzene rings is 1. The molecule has 1 aliphatic heterocycles. The van der Waals surface area contributed by atoms with E-state index < -0.39 is 49.5 Å². The maximum Gasteiger partial charge on any atom is 0.220 e. The zero-order valence-electron chi connectivity index (χ0n) is 33.0. The van der Waals surface area contributed by atoms with Crippen molar-refractivity contribution in [2.75, 3.05) is 6.61 Å². The summed E-state index contributed by atoms with van der Waals surface area (Å²) in [5, 5.41) is 12.4. The Morgan fingerprint density at radius 2 is 1.43 bits per heavy atom. The van der Waals surface area contributed by atoms with Crippen LogP contribution in [0.25, 0.3) is 38.5 Å². The first-order chi connectivity index (χ1) is 23.4. The van der Waals surface area contributed by atoms with Crippen molar-refractivity contribution < 1.29 is 18.0 Å². The number of rotatable bonds is 10. The van der Waals surface area contributed by atoms with E-state index in [0.717, 1.165) is 5.52 Å². The van der Waals surface area contributed by atoms with Crippen molar-refractivity contribution in [2.45, 2.75) is 141 Å². The van der Waals surface area contributed by atoms with Crippen LogP contribution in [0.5, 0.6) is 0 Å². The molecule has 1 aliphatic rings. The maximum absolute atomic E-state index is 9.45. The van der Waals surface area contributed by atoms with Gasteiger partial charge in [-0.1, -0.05) is 79.7 Å². The topological polar surface area (TPSA) is 160 Å². The molecule has 4 aromatic rings. The molecule has 0 N–H and O–H groups in total. The lowest BCUT2D eigenvalue weighted by atomic mass is 10.1. The van der Waals surface area contributed by atoms with Gasteiger partial charge in [-0.05, 0) is 77.2 Å². The standard InChI is InChI=1S/C34H56N10O4Si3/c1-32(2,3)49(10,11)45-20-24-26(47-50(12,13)33(4,5)6)27(48-51(14,15)34(7,8)9)30(46-24)43-21-36-25-28(43)37-31(40-41-35)38-29(25)44-23-19-17-16-18-22(23)39-42-44/h16-19,21,24,26-27,30H,20H2,1-15H3/t24-,26-,27-,30-/m1/s1. The van der Waals surface area contributed by atoms with Crippen LogP contribution in [0, 0.1) is 0 Å². The molecule has 4 heterocycles. The summed E-state index contributed by atoms with van der Waals surface area (Å²) in [5.74, 6) is 0.259. The van der Waals surface area contributed by atoms with Gasteiger partial charge in [0.05, 0.1) is 18.5 Å². The van der Waals surface area contributed by atoms with Crippen molar-refractivity contribution in [3.8, 4) is 5.82 Å². The largest absolute Gasteiger partial charge is 0.414 e. The number of azide groups is 1. The minimum atomic E-state index is -2.41. The highest BCUT2D eigenvalue weighted by molar-refractivity contribution is 6.75. The number of ether oxygens (including phenoxy) is 1. The SMILES string of the molecule is CC(C)(C)[Si](C)(C)OC[C@H]1O[C@@H](n2cnc3c(-n4nnc5ccccc54)nc(N=[N+]=[N-])nc32)[C@H](O[Si](C)(C)C(C)(C)C)[C@@H]1O[Si](C)(C)C(C)(C)C. The molecule has 0 bridgehead atoms. The van der Waals surface area contributed by atoms with E-state index in [4.69, 9.17) is 28.0 Å². The number of fused-ring (bicyclic) bond motifs is 2. The van der Waals surface area contributed by atoms with Gasteiger partial charge in [0.1, 0.15) is 23.8 Å². The minimum absolute atomic E-state index is 0.00882. The van der Waals surface area contributed by atoms with Gasteiger partial charge in [-0.3, -0.25) is 4.57 Å². The molecule has 0 aliphatic carbocycles. The van der Waals surface area contributed by atoms with E-state index in [1.807, 2.05) is 28.8 Å². The van der Waals surface area contributed by atoms with Crippen molar-refractivity contribution >= 4 is 53.1 Å². The summed E-state index contributed by atoms with van der Waals surface area (Å²) in [7, 11) is -6.94. The van der Waals surface area contributed by atoms with Gasteiger partial charge < -0.3 is 18.0 Å². The Morgan fingerprint density at radius 3 is 2.02 bits per heavy atom. The van der Waals surface area contributed by atoms with Crippen molar-refractivity contribution in [1.82, 2.24) is 34.5 Å². The second-order valence-electron chi connectivity index (χ2n) is 18.2. The fraction of sp³-hybridized carbons (Fsp3) is 0.676. The van der Waals surface area contributed by atoms with Crippen molar-refractivity contribution in [2.24, 2.45) is 5.11 Å². The van der Waals surface area contributed by atoms with Crippen LogP contribution in [0.3, 0.4) is 0 Å². The minimum Gasteiger partial charge on any atom is -0.414 e. The van der Waals surface area contributed by atoms with E-state index >= 15 is 0 Å². The normalized spacial score (nSPS) is 21.1. The van der Waals surface area contributed by atoms with Gasteiger partial charge in [0.15, 0.2) is 48.2 Å². The van der Waals surface area contributed by atoms with E-state index in [1.165, 1.54) is 0 Å². The quantitative estimate of drug-likeness (QED) is 0.0666. The highest BCUT2D eigenvalue weighted by Crippen LogP contribution is 2.47. The van der Waals surface area contributed by atoms with Crippen LogP contribution in [-0.2, 0) is 18.0 Å². The molecule has 5 rings (SSSR count). The molecule has 1 aromatic carbocycles. The molecule has 0 saturated carbocycles. The summed E-state index contributed by atoms with van der Waals surface area (Å²) < 4.78 is 32.1. The lowest BCUT2D eigenvalue weighted by Gasteiger charge is -2.44. The molecule has 0 radical (unpaired) electrons. The van der Waals surface area contributed by atoms with Crippen molar-refractivity contribution in [1.29, 1.82) is 0 Å². The summed E-state index contributed by atoms with van der Waals surface area (Å²) in [6.07, 6.45) is -0.415. The van der Waals surface area contributed by atoms with Gasteiger partial charge in [-0.25, -0.2) is 15.0 Å². The Kier molecular flexibility index (Phi) is 10.3. The Bertz CT molecular complexity index is 1930. The van der Waals surface area contributed by atoms with Gasteiger partial charge in [0.25, 0.3) is 0 Å². The number of para-hydroxylation sites is 1. The fourth-order valence-corrected chi connectivity index (χ4v) is 8.83. The van der Waals surface area contributed by atoms with E-state index in [0.29, 0.717) is 29.1 Å². The second kappa shape index (κ2) is 13.4. The van der Waals surface area contributed by atoms with Crippen LogP contribution in [0.15, 0.2) is 35.7 Å². The number of imidazole rings is 1. The number of hydrogen-bond acceptors (Lipinski definition) is 10. The van der Waals surface area contributed by atoms with Crippen molar-refractivity contribution in [3.05, 3.63) is 41.0 Å². The number of nitrogens with zero attached hydrogens (tertiary/aromatic N) is 10. The predicted molar refractivity (Wildman–Crippen MR) is 208 cm³/mol. The molecule has 1 fully saturated rings. The summed E-state index contributed by atoms with van der Waals surface area (Å²) >= 11 is 0. The maximum atomic E-state index is 9.45. The van der Waals surface area contributed by atoms with Crippen LogP contribution in [0.1, 0.15) is 68.5 Å². The monoisotopic (exact) mass is 752 g/mol. The molecule has 17 heteroatoms.